The average molecular weight is 373 g/mol. The Labute approximate surface area is 143 Å². The Balaban J connectivity index is 1.68. The molecule has 1 aromatic carbocycles. The lowest BCUT2D eigenvalue weighted by molar-refractivity contribution is 0.181. The van der Waals surface area contributed by atoms with E-state index >= 15 is 0 Å². The van der Waals surface area contributed by atoms with Crippen molar-refractivity contribution in [1.82, 2.24) is 14.2 Å². The van der Waals surface area contributed by atoms with Crippen LogP contribution in [0.3, 0.4) is 0 Å². The molecule has 24 heavy (non-hydrogen) atoms. The summed E-state index contributed by atoms with van der Waals surface area (Å²) in [6, 6.07) is 2.47. The number of benzene rings is 1. The number of sulfonamides is 1. The molecule has 0 radical (unpaired) electrons. The van der Waals surface area contributed by atoms with Gasteiger partial charge >= 0.3 is 0 Å². The van der Waals surface area contributed by atoms with E-state index in [2.05, 4.69) is 9.88 Å². The fourth-order valence-electron chi connectivity index (χ4n) is 2.61. The van der Waals surface area contributed by atoms with Crippen molar-refractivity contribution in [2.45, 2.75) is 18.4 Å². The van der Waals surface area contributed by atoms with Crippen LogP contribution in [0.1, 0.15) is 9.88 Å². The third kappa shape index (κ3) is 3.64. The van der Waals surface area contributed by atoms with E-state index in [9.17, 15) is 17.2 Å². The maximum Gasteiger partial charge on any atom is 0.246 e. The van der Waals surface area contributed by atoms with Crippen LogP contribution in [0.2, 0.25) is 0 Å². The number of hydrogen-bond donors (Lipinski definition) is 0. The summed E-state index contributed by atoms with van der Waals surface area (Å²) in [5, 5.41) is 0.986. The van der Waals surface area contributed by atoms with Crippen molar-refractivity contribution < 1.29 is 17.2 Å². The predicted octanol–water partition coefficient (Wildman–Crippen LogP) is 2.24. The van der Waals surface area contributed by atoms with Gasteiger partial charge in [0.05, 0.1) is 6.54 Å². The minimum atomic E-state index is -4.03. The molecule has 1 saturated heterocycles. The molecule has 2 aromatic rings. The van der Waals surface area contributed by atoms with Gasteiger partial charge in [0, 0.05) is 37.3 Å². The Hall–Kier alpha value is -1.42. The number of hydrogen-bond acceptors (Lipinski definition) is 5. The molecule has 5 nitrogen and oxygen atoms in total. The third-order valence-corrected chi connectivity index (χ3v) is 6.68. The highest BCUT2D eigenvalue weighted by Crippen LogP contribution is 2.22. The minimum absolute atomic E-state index is 0.239. The van der Waals surface area contributed by atoms with E-state index in [0.717, 1.165) is 28.1 Å². The zero-order valence-electron chi connectivity index (χ0n) is 13.1. The maximum atomic E-state index is 13.8. The number of nitrogens with zero attached hydrogens (tertiary/aromatic N) is 3. The minimum Gasteiger partial charge on any atom is -0.294 e. The van der Waals surface area contributed by atoms with Crippen molar-refractivity contribution in [2.75, 3.05) is 26.2 Å². The van der Waals surface area contributed by atoms with Crippen molar-refractivity contribution in [3.8, 4) is 0 Å². The summed E-state index contributed by atoms with van der Waals surface area (Å²) in [6.07, 6.45) is 1.81. The van der Waals surface area contributed by atoms with Crippen LogP contribution in [-0.2, 0) is 16.6 Å². The van der Waals surface area contributed by atoms with Crippen LogP contribution in [-0.4, -0.2) is 48.8 Å². The molecule has 0 N–H and O–H groups in total. The first-order chi connectivity index (χ1) is 11.4. The van der Waals surface area contributed by atoms with Gasteiger partial charge in [-0.25, -0.2) is 22.2 Å². The average Bonchev–Trinajstić information content (AvgIpc) is 2.95. The third-order valence-electron chi connectivity index (χ3n) is 3.87. The van der Waals surface area contributed by atoms with Crippen LogP contribution in [0.4, 0.5) is 8.78 Å². The van der Waals surface area contributed by atoms with Crippen molar-refractivity contribution >= 4 is 21.4 Å². The van der Waals surface area contributed by atoms with Crippen molar-refractivity contribution in [3.05, 3.63) is 45.9 Å². The van der Waals surface area contributed by atoms with E-state index in [0.29, 0.717) is 19.6 Å². The smallest absolute Gasteiger partial charge is 0.246 e. The predicted molar refractivity (Wildman–Crippen MR) is 87.2 cm³/mol. The Kier molecular flexibility index (Phi) is 4.95. The number of thiazole rings is 1. The molecule has 1 aliphatic rings. The first kappa shape index (κ1) is 17.4. The lowest BCUT2D eigenvalue weighted by Crippen LogP contribution is -2.48. The Morgan fingerprint density at radius 2 is 1.92 bits per heavy atom. The van der Waals surface area contributed by atoms with Crippen molar-refractivity contribution in [3.63, 3.8) is 0 Å². The van der Waals surface area contributed by atoms with Crippen LogP contribution >= 0.6 is 11.3 Å². The molecule has 0 atom stereocenters. The van der Waals surface area contributed by atoms with Gasteiger partial charge in [-0.15, -0.1) is 11.3 Å². The van der Waals surface area contributed by atoms with Crippen molar-refractivity contribution in [2.24, 2.45) is 0 Å². The molecule has 1 fully saturated rings. The van der Waals surface area contributed by atoms with Crippen LogP contribution in [0.5, 0.6) is 0 Å². The second-order valence-corrected chi connectivity index (χ2v) is 8.85. The molecular formula is C15H17F2N3O2S2. The molecule has 0 amide bonds. The molecule has 9 heteroatoms. The highest BCUT2D eigenvalue weighted by molar-refractivity contribution is 7.89. The summed E-state index contributed by atoms with van der Waals surface area (Å²) >= 11 is 1.61. The molecule has 1 aliphatic heterocycles. The van der Waals surface area contributed by atoms with Gasteiger partial charge in [-0.2, -0.15) is 4.31 Å². The van der Waals surface area contributed by atoms with E-state index < -0.39 is 26.6 Å². The maximum absolute atomic E-state index is 13.8. The van der Waals surface area contributed by atoms with Crippen LogP contribution in [0, 0.1) is 18.6 Å². The summed E-state index contributed by atoms with van der Waals surface area (Å²) in [5.41, 5.74) is 0. The summed E-state index contributed by atoms with van der Waals surface area (Å²) in [4.78, 5) is 6.93. The van der Waals surface area contributed by atoms with Crippen LogP contribution in [0.25, 0.3) is 0 Å². The monoisotopic (exact) mass is 373 g/mol. The number of aryl methyl sites for hydroxylation is 1. The molecule has 130 valence electrons. The van der Waals surface area contributed by atoms with E-state index in [1.54, 1.807) is 11.3 Å². The normalized spacial score (nSPS) is 17.3. The molecular weight excluding hydrogens is 356 g/mol. The highest BCUT2D eigenvalue weighted by Gasteiger charge is 2.31. The second kappa shape index (κ2) is 6.83. The number of piperazine rings is 1. The summed E-state index contributed by atoms with van der Waals surface area (Å²) < 4.78 is 53.3. The van der Waals surface area contributed by atoms with E-state index in [1.165, 1.54) is 4.31 Å². The first-order valence-corrected chi connectivity index (χ1v) is 9.71. The van der Waals surface area contributed by atoms with Gasteiger partial charge in [0.1, 0.15) is 21.5 Å². The van der Waals surface area contributed by atoms with Crippen LogP contribution < -0.4 is 0 Å². The summed E-state index contributed by atoms with van der Waals surface area (Å²) in [6.45, 7) is 4.18. The van der Waals surface area contributed by atoms with Crippen LogP contribution in [0.15, 0.2) is 29.3 Å². The lowest BCUT2D eigenvalue weighted by atomic mass is 10.3. The van der Waals surface area contributed by atoms with Gasteiger partial charge in [-0.3, -0.25) is 4.90 Å². The van der Waals surface area contributed by atoms with Gasteiger partial charge in [0.25, 0.3) is 0 Å². The molecule has 0 unspecified atom stereocenters. The number of halogens is 2. The summed E-state index contributed by atoms with van der Waals surface area (Å²) in [5.74, 6) is -1.70. The second-order valence-electron chi connectivity index (χ2n) is 5.62. The molecule has 1 aromatic heterocycles. The molecule has 2 heterocycles. The molecule has 3 rings (SSSR count). The van der Waals surface area contributed by atoms with Gasteiger partial charge in [0.2, 0.25) is 10.0 Å². The van der Waals surface area contributed by atoms with Gasteiger partial charge < -0.3 is 0 Å². The number of rotatable bonds is 4. The zero-order chi connectivity index (χ0) is 17.3. The number of aromatic nitrogens is 1. The zero-order valence-corrected chi connectivity index (χ0v) is 14.7. The molecule has 0 saturated carbocycles. The Morgan fingerprint density at radius 3 is 2.54 bits per heavy atom. The largest absolute Gasteiger partial charge is 0.294 e. The SMILES string of the molecule is Cc1cnc(CN2CCN(S(=O)(=O)c3cc(F)ccc3F)CC2)s1. The highest BCUT2D eigenvalue weighted by atomic mass is 32.2. The van der Waals surface area contributed by atoms with E-state index in [4.69, 9.17) is 0 Å². The fraction of sp³-hybridized carbons (Fsp3) is 0.400. The first-order valence-electron chi connectivity index (χ1n) is 7.45. The van der Waals surface area contributed by atoms with Crippen molar-refractivity contribution in [1.29, 1.82) is 0 Å². The molecule has 0 aliphatic carbocycles. The Morgan fingerprint density at radius 1 is 1.21 bits per heavy atom. The topological polar surface area (TPSA) is 53.5 Å². The summed E-state index contributed by atoms with van der Waals surface area (Å²) in [7, 11) is -4.03. The van der Waals surface area contributed by atoms with Gasteiger partial charge in [-0.1, -0.05) is 0 Å². The molecule has 0 spiro atoms. The standard InChI is InChI=1S/C15H17F2N3O2S2/c1-11-9-18-15(23-11)10-19-4-6-20(7-5-19)24(21,22)14-8-12(16)2-3-13(14)17/h2-3,8-9H,4-7,10H2,1H3. The molecule has 0 bridgehead atoms. The van der Waals surface area contributed by atoms with E-state index in [-0.39, 0.29) is 13.1 Å². The fourth-order valence-corrected chi connectivity index (χ4v) is 4.94. The van der Waals surface area contributed by atoms with Gasteiger partial charge in [0.15, 0.2) is 0 Å². The lowest BCUT2D eigenvalue weighted by Gasteiger charge is -2.33. The quantitative estimate of drug-likeness (QED) is 0.825. The van der Waals surface area contributed by atoms with Gasteiger partial charge in [-0.05, 0) is 25.1 Å². The Bertz CT molecular complexity index is 831. The van der Waals surface area contributed by atoms with E-state index in [1.807, 2.05) is 13.1 Å².